The molecule has 0 fully saturated rings. The molecule has 0 atom stereocenters. The first-order valence-corrected chi connectivity index (χ1v) is 5.93. The largest absolute Gasteiger partial charge is 0.323 e. The van der Waals surface area contributed by atoms with Gasteiger partial charge in [-0.05, 0) is 17.7 Å². The Hall–Kier alpha value is -2.81. The molecule has 21 heavy (non-hydrogen) atoms. The number of carbonyl (C=O) groups is 1. The number of nitrogens with one attached hydrogen (secondary N) is 1. The smallest absolute Gasteiger partial charge is 0.228 e. The molecule has 0 spiro atoms. The highest BCUT2D eigenvalue weighted by molar-refractivity contribution is 5.92. The zero-order valence-electron chi connectivity index (χ0n) is 10.7. The molecule has 0 saturated carbocycles. The zero-order valence-corrected chi connectivity index (χ0v) is 10.7. The van der Waals surface area contributed by atoms with Crippen LogP contribution in [-0.2, 0) is 11.2 Å². The predicted octanol–water partition coefficient (Wildman–Crippen LogP) is 3.16. The van der Waals surface area contributed by atoms with Crippen molar-refractivity contribution in [3.05, 3.63) is 65.0 Å². The molecular weight excluding hydrogens is 281 g/mol. The lowest BCUT2D eigenvalue weighted by atomic mass is 10.1. The van der Waals surface area contributed by atoms with E-state index in [1.165, 1.54) is 0 Å². The van der Waals surface area contributed by atoms with Crippen molar-refractivity contribution in [1.29, 1.82) is 5.26 Å². The third kappa shape index (κ3) is 3.60. The van der Waals surface area contributed by atoms with Crippen LogP contribution in [0, 0.1) is 28.8 Å². The number of anilines is 1. The maximum atomic E-state index is 13.4. The average molecular weight is 290 g/mol. The molecule has 0 aromatic heterocycles. The van der Waals surface area contributed by atoms with Crippen LogP contribution < -0.4 is 5.32 Å². The molecule has 0 saturated heterocycles. The van der Waals surface area contributed by atoms with Gasteiger partial charge >= 0.3 is 0 Å². The molecule has 6 heteroatoms. The summed E-state index contributed by atoms with van der Waals surface area (Å²) in [6.07, 6.45) is -0.0792. The summed E-state index contributed by atoms with van der Waals surface area (Å²) in [6, 6.07) is 9.14. The van der Waals surface area contributed by atoms with Gasteiger partial charge in [-0.15, -0.1) is 0 Å². The van der Waals surface area contributed by atoms with Crippen molar-refractivity contribution in [2.24, 2.45) is 0 Å². The molecule has 0 unspecified atom stereocenters. The fourth-order valence-electron chi connectivity index (χ4n) is 1.70. The van der Waals surface area contributed by atoms with E-state index in [0.29, 0.717) is 23.3 Å². The monoisotopic (exact) mass is 290 g/mol. The second-order valence-electron chi connectivity index (χ2n) is 4.28. The fourth-order valence-corrected chi connectivity index (χ4v) is 1.70. The quantitative estimate of drug-likeness (QED) is 0.883. The standard InChI is InChI=1S/C15H9F3N2O/c16-11-6-13(18)14(7-12(11)17)20-15(21)5-9-1-3-10(8-19)4-2-9/h1-4,6-7H,5H2,(H,20,21). The van der Waals surface area contributed by atoms with Gasteiger partial charge in [-0.3, -0.25) is 4.79 Å². The zero-order chi connectivity index (χ0) is 15.4. The number of hydrogen-bond donors (Lipinski definition) is 1. The first kappa shape index (κ1) is 14.6. The normalized spacial score (nSPS) is 10.0. The third-order valence-electron chi connectivity index (χ3n) is 2.73. The summed E-state index contributed by atoms with van der Waals surface area (Å²) in [4.78, 5) is 11.7. The first-order chi connectivity index (χ1) is 9.99. The summed E-state index contributed by atoms with van der Waals surface area (Å²) in [6.45, 7) is 0. The average Bonchev–Trinajstić information content (AvgIpc) is 2.45. The lowest BCUT2D eigenvalue weighted by Gasteiger charge is -2.07. The number of amides is 1. The van der Waals surface area contributed by atoms with Gasteiger partial charge in [0.25, 0.3) is 0 Å². The highest BCUT2D eigenvalue weighted by Gasteiger charge is 2.12. The fraction of sp³-hybridized carbons (Fsp3) is 0.0667. The molecule has 2 aromatic carbocycles. The number of benzene rings is 2. The molecule has 0 heterocycles. The van der Waals surface area contributed by atoms with Crippen molar-refractivity contribution in [3.8, 4) is 6.07 Å². The van der Waals surface area contributed by atoms with E-state index in [2.05, 4.69) is 5.32 Å². The lowest BCUT2D eigenvalue weighted by Crippen LogP contribution is -2.15. The van der Waals surface area contributed by atoms with Crippen molar-refractivity contribution in [2.45, 2.75) is 6.42 Å². The van der Waals surface area contributed by atoms with Gasteiger partial charge in [0.15, 0.2) is 11.6 Å². The minimum absolute atomic E-state index is 0.0792. The van der Waals surface area contributed by atoms with E-state index >= 15 is 0 Å². The van der Waals surface area contributed by atoms with E-state index in [1.54, 1.807) is 24.3 Å². The third-order valence-corrected chi connectivity index (χ3v) is 2.73. The number of nitriles is 1. The second-order valence-corrected chi connectivity index (χ2v) is 4.28. The van der Waals surface area contributed by atoms with Gasteiger partial charge < -0.3 is 5.32 Å². The van der Waals surface area contributed by atoms with E-state index in [1.807, 2.05) is 6.07 Å². The maximum Gasteiger partial charge on any atom is 0.228 e. The molecular formula is C15H9F3N2O. The van der Waals surface area contributed by atoms with Gasteiger partial charge in [-0.25, -0.2) is 13.2 Å². The summed E-state index contributed by atoms with van der Waals surface area (Å²) >= 11 is 0. The summed E-state index contributed by atoms with van der Waals surface area (Å²) in [5, 5.41) is 10.8. The molecule has 106 valence electrons. The lowest BCUT2D eigenvalue weighted by molar-refractivity contribution is -0.115. The Morgan fingerprint density at radius 1 is 1.05 bits per heavy atom. The Kier molecular flexibility index (Phi) is 4.24. The number of nitrogens with zero attached hydrogens (tertiary/aromatic N) is 1. The predicted molar refractivity (Wildman–Crippen MR) is 69.8 cm³/mol. The van der Waals surface area contributed by atoms with Crippen LogP contribution in [0.25, 0.3) is 0 Å². The summed E-state index contributed by atoms with van der Waals surface area (Å²) < 4.78 is 39.1. The van der Waals surface area contributed by atoms with Crippen LogP contribution in [-0.4, -0.2) is 5.91 Å². The first-order valence-electron chi connectivity index (χ1n) is 5.93. The van der Waals surface area contributed by atoms with Crippen LogP contribution in [0.1, 0.15) is 11.1 Å². The Labute approximate surface area is 118 Å². The number of rotatable bonds is 3. The summed E-state index contributed by atoms with van der Waals surface area (Å²) in [7, 11) is 0. The Balaban J connectivity index is 2.08. The summed E-state index contributed by atoms with van der Waals surface area (Å²) in [5.41, 5.74) is 0.632. The Morgan fingerprint density at radius 2 is 1.67 bits per heavy atom. The van der Waals surface area contributed by atoms with Crippen LogP contribution in [0.4, 0.5) is 18.9 Å². The summed E-state index contributed by atoms with van der Waals surface area (Å²) in [5.74, 6) is -4.20. The highest BCUT2D eigenvalue weighted by Crippen LogP contribution is 2.18. The molecule has 2 rings (SSSR count). The molecule has 0 aliphatic heterocycles. The maximum absolute atomic E-state index is 13.4. The second kappa shape index (κ2) is 6.09. The molecule has 0 radical (unpaired) electrons. The van der Waals surface area contributed by atoms with E-state index in [9.17, 15) is 18.0 Å². The van der Waals surface area contributed by atoms with Crippen molar-refractivity contribution < 1.29 is 18.0 Å². The van der Waals surface area contributed by atoms with E-state index in [0.717, 1.165) is 0 Å². The Morgan fingerprint density at radius 3 is 2.29 bits per heavy atom. The molecule has 0 aliphatic rings. The van der Waals surface area contributed by atoms with Crippen LogP contribution in [0.15, 0.2) is 36.4 Å². The Bertz CT molecular complexity index is 721. The minimum Gasteiger partial charge on any atom is -0.323 e. The molecule has 0 bridgehead atoms. The van der Waals surface area contributed by atoms with Gasteiger partial charge in [-0.2, -0.15) is 5.26 Å². The van der Waals surface area contributed by atoms with Gasteiger partial charge in [0.2, 0.25) is 5.91 Å². The van der Waals surface area contributed by atoms with Crippen LogP contribution in [0.2, 0.25) is 0 Å². The van der Waals surface area contributed by atoms with Gasteiger partial charge in [0.05, 0.1) is 23.7 Å². The van der Waals surface area contributed by atoms with Crippen molar-refractivity contribution in [3.63, 3.8) is 0 Å². The molecule has 2 aromatic rings. The highest BCUT2D eigenvalue weighted by atomic mass is 19.2. The van der Waals surface area contributed by atoms with E-state index in [-0.39, 0.29) is 6.42 Å². The van der Waals surface area contributed by atoms with E-state index in [4.69, 9.17) is 5.26 Å². The minimum atomic E-state index is -1.32. The van der Waals surface area contributed by atoms with Crippen molar-refractivity contribution in [1.82, 2.24) is 0 Å². The van der Waals surface area contributed by atoms with Crippen LogP contribution in [0.5, 0.6) is 0 Å². The van der Waals surface area contributed by atoms with Crippen LogP contribution in [0.3, 0.4) is 0 Å². The van der Waals surface area contributed by atoms with Gasteiger partial charge in [-0.1, -0.05) is 12.1 Å². The van der Waals surface area contributed by atoms with Gasteiger partial charge in [0, 0.05) is 12.1 Å². The van der Waals surface area contributed by atoms with Crippen molar-refractivity contribution >= 4 is 11.6 Å². The SMILES string of the molecule is N#Cc1ccc(CC(=O)Nc2cc(F)c(F)cc2F)cc1. The number of carbonyl (C=O) groups excluding carboxylic acids is 1. The molecule has 1 amide bonds. The van der Waals surface area contributed by atoms with E-state index < -0.39 is 29.0 Å². The molecule has 3 nitrogen and oxygen atoms in total. The van der Waals surface area contributed by atoms with Gasteiger partial charge in [0.1, 0.15) is 5.82 Å². The molecule has 0 aliphatic carbocycles. The molecule has 1 N–H and O–H groups in total. The van der Waals surface area contributed by atoms with Crippen molar-refractivity contribution in [2.75, 3.05) is 5.32 Å². The topological polar surface area (TPSA) is 52.9 Å². The number of halogens is 3. The van der Waals surface area contributed by atoms with Crippen LogP contribution >= 0.6 is 0 Å². The number of hydrogen-bond acceptors (Lipinski definition) is 2.